The maximum atomic E-state index is 5.61. The van der Waals surface area contributed by atoms with E-state index in [0.29, 0.717) is 6.04 Å². The molecule has 0 bridgehead atoms. The number of hydrogen-bond acceptors (Lipinski definition) is 4. The Bertz CT molecular complexity index is 428. The summed E-state index contributed by atoms with van der Waals surface area (Å²) in [6, 6.07) is 4.52. The lowest BCUT2D eigenvalue weighted by Gasteiger charge is -2.34. The Morgan fingerprint density at radius 2 is 1.84 bits per heavy atom. The number of ether oxygens (including phenoxy) is 2. The summed E-state index contributed by atoms with van der Waals surface area (Å²) >= 11 is 0. The molecular formula is C15H24N2O2. The van der Waals surface area contributed by atoms with E-state index in [-0.39, 0.29) is 0 Å². The normalized spacial score (nSPS) is 18.1. The largest absolute Gasteiger partial charge is 0.496 e. The van der Waals surface area contributed by atoms with Crippen LogP contribution in [0.5, 0.6) is 11.5 Å². The summed E-state index contributed by atoms with van der Waals surface area (Å²) < 4.78 is 11.0. The third kappa shape index (κ3) is 2.85. The van der Waals surface area contributed by atoms with Crippen LogP contribution in [0.4, 0.5) is 0 Å². The van der Waals surface area contributed by atoms with E-state index in [0.717, 1.165) is 43.2 Å². The molecular weight excluding hydrogens is 240 g/mol. The Balaban J connectivity index is 2.30. The number of hydrogen-bond donors (Lipinski definition) is 1. The molecule has 1 aromatic rings. The average Bonchev–Trinajstić information content (AvgIpc) is 2.47. The van der Waals surface area contributed by atoms with Crippen LogP contribution in [0, 0.1) is 6.92 Å². The van der Waals surface area contributed by atoms with Gasteiger partial charge in [-0.1, -0.05) is 6.07 Å². The molecule has 0 saturated carbocycles. The van der Waals surface area contributed by atoms with Gasteiger partial charge in [-0.25, -0.2) is 0 Å². The van der Waals surface area contributed by atoms with Crippen LogP contribution >= 0.6 is 0 Å². The maximum absolute atomic E-state index is 5.61. The number of benzene rings is 1. The number of rotatable bonds is 4. The van der Waals surface area contributed by atoms with Gasteiger partial charge < -0.3 is 14.8 Å². The molecule has 19 heavy (non-hydrogen) atoms. The minimum absolute atomic E-state index is 0.363. The molecule has 1 saturated heterocycles. The molecule has 1 unspecified atom stereocenters. The van der Waals surface area contributed by atoms with E-state index in [4.69, 9.17) is 9.47 Å². The molecule has 0 radical (unpaired) electrons. The van der Waals surface area contributed by atoms with Gasteiger partial charge in [-0.05, 0) is 19.9 Å². The Morgan fingerprint density at radius 3 is 2.42 bits per heavy atom. The van der Waals surface area contributed by atoms with Crippen LogP contribution in [-0.4, -0.2) is 45.3 Å². The minimum atomic E-state index is 0.363. The number of piperazine rings is 1. The Kier molecular flexibility index (Phi) is 4.66. The van der Waals surface area contributed by atoms with E-state index in [9.17, 15) is 0 Å². The average molecular weight is 264 g/mol. The van der Waals surface area contributed by atoms with Crippen LogP contribution in [0.1, 0.15) is 24.1 Å². The molecule has 1 fully saturated rings. The molecule has 1 atom stereocenters. The number of nitrogens with one attached hydrogen (secondary N) is 1. The zero-order chi connectivity index (χ0) is 13.8. The SMILES string of the molecule is COc1ccc(C(C)N2CCNCC2)c(OC)c1C. The molecule has 4 nitrogen and oxygen atoms in total. The van der Waals surface area contributed by atoms with Crippen molar-refractivity contribution in [1.29, 1.82) is 0 Å². The van der Waals surface area contributed by atoms with Crippen molar-refractivity contribution in [3.05, 3.63) is 23.3 Å². The molecule has 0 aromatic heterocycles. The fourth-order valence-electron chi connectivity index (χ4n) is 2.78. The predicted octanol–water partition coefficient (Wildman–Crippen LogP) is 1.98. The Morgan fingerprint density at radius 1 is 1.16 bits per heavy atom. The molecule has 1 aromatic carbocycles. The summed E-state index contributed by atoms with van der Waals surface area (Å²) in [5, 5.41) is 3.39. The van der Waals surface area contributed by atoms with Crippen LogP contribution in [0.2, 0.25) is 0 Å². The predicted molar refractivity (Wildman–Crippen MR) is 77.1 cm³/mol. The molecule has 1 aliphatic rings. The van der Waals surface area contributed by atoms with Gasteiger partial charge >= 0.3 is 0 Å². The summed E-state index contributed by atoms with van der Waals surface area (Å²) in [6.07, 6.45) is 0. The first-order chi connectivity index (χ1) is 9.19. The first kappa shape index (κ1) is 14.2. The summed E-state index contributed by atoms with van der Waals surface area (Å²) in [7, 11) is 3.43. The number of methoxy groups -OCH3 is 2. The van der Waals surface area contributed by atoms with Gasteiger partial charge in [0.25, 0.3) is 0 Å². The van der Waals surface area contributed by atoms with Gasteiger partial charge in [0.05, 0.1) is 14.2 Å². The molecule has 1 N–H and O–H groups in total. The van der Waals surface area contributed by atoms with Gasteiger partial charge in [0.1, 0.15) is 11.5 Å². The standard InChI is InChI=1S/C15H24N2O2/c1-11-14(18-3)6-5-13(15(11)19-4)12(2)17-9-7-16-8-10-17/h5-6,12,16H,7-10H2,1-4H3. The topological polar surface area (TPSA) is 33.7 Å². The third-order valence-corrected chi connectivity index (χ3v) is 3.96. The van der Waals surface area contributed by atoms with Crippen molar-refractivity contribution >= 4 is 0 Å². The third-order valence-electron chi connectivity index (χ3n) is 3.96. The van der Waals surface area contributed by atoms with E-state index < -0.39 is 0 Å². The summed E-state index contributed by atoms with van der Waals surface area (Å²) in [4.78, 5) is 2.49. The molecule has 0 spiro atoms. The lowest BCUT2D eigenvalue weighted by Crippen LogP contribution is -2.44. The van der Waals surface area contributed by atoms with E-state index in [2.05, 4.69) is 23.2 Å². The van der Waals surface area contributed by atoms with Crippen molar-refractivity contribution in [3.63, 3.8) is 0 Å². The highest BCUT2D eigenvalue weighted by molar-refractivity contribution is 5.50. The van der Waals surface area contributed by atoms with Crippen LogP contribution in [0.25, 0.3) is 0 Å². The highest BCUT2D eigenvalue weighted by Crippen LogP contribution is 2.36. The summed E-state index contributed by atoms with van der Waals surface area (Å²) in [5.74, 6) is 1.83. The first-order valence-corrected chi connectivity index (χ1v) is 6.85. The van der Waals surface area contributed by atoms with Gasteiger partial charge in [0, 0.05) is 43.3 Å². The van der Waals surface area contributed by atoms with Crippen LogP contribution in [-0.2, 0) is 0 Å². The molecule has 0 aliphatic carbocycles. The fourth-order valence-corrected chi connectivity index (χ4v) is 2.78. The quantitative estimate of drug-likeness (QED) is 0.901. The molecule has 2 rings (SSSR count). The van der Waals surface area contributed by atoms with Gasteiger partial charge in [0.2, 0.25) is 0 Å². The van der Waals surface area contributed by atoms with Crippen molar-refractivity contribution in [2.24, 2.45) is 0 Å². The van der Waals surface area contributed by atoms with E-state index in [1.165, 1.54) is 5.56 Å². The van der Waals surface area contributed by atoms with E-state index in [1.54, 1.807) is 14.2 Å². The van der Waals surface area contributed by atoms with Crippen LogP contribution in [0.15, 0.2) is 12.1 Å². The maximum Gasteiger partial charge on any atom is 0.130 e. The monoisotopic (exact) mass is 264 g/mol. The van der Waals surface area contributed by atoms with E-state index in [1.807, 2.05) is 13.0 Å². The highest BCUT2D eigenvalue weighted by atomic mass is 16.5. The minimum Gasteiger partial charge on any atom is -0.496 e. The second-order valence-corrected chi connectivity index (χ2v) is 4.98. The van der Waals surface area contributed by atoms with Gasteiger partial charge in [-0.15, -0.1) is 0 Å². The smallest absolute Gasteiger partial charge is 0.130 e. The molecule has 1 heterocycles. The second kappa shape index (κ2) is 6.26. The lowest BCUT2D eigenvalue weighted by atomic mass is 10.0. The van der Waals surface area contributed by atoms with Crippen molar-refractivity contribution in [2.75, 3.05) is 40.4 Å². The highest BCUT2D eigenvalue weighted by Gasteiger charge is 2.22. The van der Waals surface area contributed by atoms with E-state index >= 15 is 0 Å². The molecule has 0 amide bonds. The molecule has 1 aliphatic heterocycles. The number of nitrogens with zero attached hydrogens (tertiary/aromatic N) is 1. The Labute approximate surface area is 115 Å². The van der Waals surface area contributed by atoms with Crippen molar-refractivity contribution in [3.8, 4) is 11.5 Å². The summed E-state index contributed by atoms with van der Waals surface area (Å²) in [6.45, 7) is 8.56. The van der Waals surface area contributed by atoms with Crippen molar-refractivity contribution in [1.82, 2.24) is 10.2 Å². The lowest BCUT2D eigenvalue weighted by molar-refractivity contribution is 0.182. The van der Waals surface area contributed by atoms with Crippen LogP contribution in [0.3, 0.4) is 0 Å². The zero-order valence-corrected chi connectivity index (χ0v) is 12.3. The van der Waals surface area contributed by atoms with Crippen molar-refractivity contribution < 1.29 is 9.47 Å². The van der Waals surface area contributed by atoms with Crippen LogP contribution < -0.4 is 14.8 Å². The van der Waals surface area contributed by atoms with Crippen molar-refractivity contribution in [2.45, 2.75) is 19.9 Å². The Hall–Kier alpha value is -1.26. The zero-order valence-electron chi connectivity index (χ0n) is 12.3. The first-order valence-electron chi connectivity index (χ1n) is 6.85. The van der Waals surface area contributed by atoms with Gasteiger partial charge in [0.15, 0.2) is 0 Å². The van der Waals surface area contributed by atoms with Gasteiger partial charge in [-0.3, -0.25) is 4.90 Å². The fraction of sp³-hybridized carbons (Fsp3) is 0.600. The van der Waals surface area contributed by atoms with Gasteiger partial charge in [-0.2, -0.15) is 0 Å². The molecule has 4 heteroatoms. The molecule has 106 valence electrons. The second-order valence-electron chi connectivity index (χ2n) is 4.98. The summed E-state index contributed by atoms with van der Waals surface area (Å²) in [5.41, 5.74) is 2.31.